The molecule has 1 saturated carbocycles. The molecule has 17 heavy (non-hydrogen) atoms. The van der Waals surface area contributed by atoms with E-state index in [9.17, 15) is 4.79 Å². The minimum absolute atomic E-state index is 0.108. The van der Waals surface area contributed by atoms with Crippen molar-refractivity contribution in [2.45, 2.75) is 36.9 Å². The van der Waals surface area contributed by atoms with Gasteiger partial charge < -0.3 is 0 Å². The Balaban J connectivity index is 2.22. The van der Waals surface area contributed by atoms with E-state index >= 15 is 0 Å². The number of halogens is 2. The molecule has 1 aliphatic rings. The molecule has 1 fully saturated rings. The van der Waals surface area contributed by atoms with Gasteiger partial charge in [-0.2, -0.15) is 0 Å². The Morgan fingerprint density at radius 1 is 1.29 bits per heavy atom. The highest BCUT2D eigenvalue weighted by atomic mass is 79.9. The lowest BCUT2D eigenvalue weighted by atomic mass is 9.85. The number of carbonyl (C=O) groups is 1. The van der Waals surface area contributed by atoms with Crippen molar-refractivity contribution in [1.82, 2.24) is 0 Å². The zero-order valence-electron chi connectivity index (χ0n) is 9.66. The first kappa shape index (κ1) is 13.1. The predicted octanol–water partition coefficient (Wildman–Crippen LogP) is 4.62. The third kappa shape index (κ3) is 3.11. The molecule has 92 valence electrons. The van der Waals surface area contributed by atoms with Crippen LogP contribution in [0.5, 0.6) is 0 Å². The Kier molecular flexibility index (Phi) is 4.63. The Labute approximate surface area is 116 Å². The number of benzene rings is 1. The summed E-state index contributed by atoms with van der Waals surface area (Å²) in [4.78, 5) is 11.6. The van der Waals surface area contributed by atoms with Crippen molar-refractivity contribution in [3.63, 3.8) is 0 Å². The van der Waals surface area contributed by atoms with E-state index in [1.807, 2.05) is 12.1 Å². The number of alkyl halides is 1. The third-order valence-corrected chi connectivity index (χ3v) is 4.49. The highest BCUT2D eigenvalue weighted by Crippen LogP contribution is 2.38. The number of hydrogen-bond donors (Lipinski definition) is 0. The summed E-state index contributed by atoms with van der Waals surface area (Å²) < 4.78 is 0. The van der Waals surface area contributed by atoms with Gasteiger partial charge >= 0.3 is 0 Å². The summed E-state index contributed by atoms with van der Waals surface area (Å²) >= 11 is 9.21. The normalized spacial score (nSPS) is 18.2. The first-order valence-corrected chi connectivity index (χ1v) is 7.56. The van der Waals surface area contributed by atoms with Crippen molar-refractivity contribution in [3.05, 3.63) is 35.4 Å². The average Bonchev–Trinajstić information content (AvgIpc) is 2.83. The van der Waals surface area contributed by atoms with Crippen LogP contribution in [0.3, 0.4) is 0 Å². The molecule has 0 bridgehead atoms. The second-order valence-electron chi connectivity index (χ2n) is 4.70. The van der Waals surface area contributed by atoms with Crippen molar-refractivity contribution < 1.29 is 4.79 Å². The Morgan fingerprint density at radius 2 is 1.88 bits per heavy atom. The van der Waals surface area contributed by atoms with Crippen LogP contribution in [-0.2, 0) is 10.1 Å². The monoisotopic (exact) mass is 314 g/mol. The number of carbonyl (C=O) groups excluding carboxylic acids is 1. The summed E-state index contributed by atoms with van der Waals surface area (Å²) in [6.45, 7) is 0. The summed E-state index contributed by atoms with van der Waals surface area (Å²) in [5.74, 6) is 0.332. The van der Waals surface area contributed by atoms with E-state index in [2.05, 4.69) is 28.1 Å². The van der Waals surface area contributed by atoms with E-state index < -0.39 is 0 Å². The van der Waals surface area contributed by atoms with Gasteiger partial charge in [-0.3, -0.25) is 4.79 Å². The van der Waals surface area contributed by atoms with Gasteiger partial charge in [-0.25, -0.2) is 0 Å². The second-order valence-corrected chi connectivity index (χ2v) is 5.63. The van der Waals surface area contributed by atoms with Crippen molar-refractivity contribution in [2.24, 2.45) is 5.92 Å². The highest BCUT2D eigenvalue weighted by Gasteiger charge is 2.30. The van der Waals surface area contributed by atoms with Gasteiger partial charge in [-0.1, -0.05) is 53.0 Å². The number of hydrogen-bond acceptors (Lipinski definition) is 1. The van der Waals surface area contributed by atoms with E-state index in [0.29, 0.717) is 5.92 Å². The lowest BCUT2D eigenvalue weighted by Crippen LogP contribution is -2.16. The first-order chi connectivity index (χ1) is 8.22. The average molecular weight is 316 g/mol. The molecule has 2 rings (SSSR count). The summed E-state index contributed by atoms with van der Waals surface area (Å²) in [6, 6.07) is 8.21. The van der Waals surface area contributed by atoms with Crippen LogP contribution < -0.4 is 0 Å². The van der Waals surface area contributed by atoms with Gasteiger partial charge in [0, 0.05) is 5.33 Å². The molecular formula is C14H16BrClO. The molecule has 1 unspecified atom stereocenters. The fraction of sp³-hybridized carbons (Fsp3) is 0.500. The van der Waals surface area contributed by atoms with Crippen LogP contribution in [0.25, 0.3) is 0 Å². The van der Waals surface area contributed by atoms with Crippen LogP contribution in [0.4, 0.5) is 0 Å². The topological polar surface area (TPSA) is 17.1 Å². The molecule has 0 heterocycles. The lowest BCUT2D eigenvalue weighted by molar-refractivity contribution is -0.114. The van der Waals surface area contributed by atoms with Gasteiger partial charge in [0.05, 0.1) is 5.92 Å². The Bertz CT molecular complexity index is 382. The SMILES string of the molecule is O=C(Cl)C(c1ccc(CBr)cc1)C1CCCC1. The van der Waals surface area contributed by atoms with E-state index in [1.54, 1.807) is 0 Å². The van der Waals surface area contributed by atoms with Gasteiger partial charge in [0.25, 0.3) is 0 Å². The molecule has 1 nitrogen and oxygen atoms in total. The van der Waals surface area contributed by atoms with Gasteiger partial charge in [-0.15, -0.1) is 0 Å². The molecular weight excluding hydrogens is 300 g/mol. The fourth-order valence-electron chi connectivity index (χ4n) is 2.69. The summed E-state index contributed by atoms with van der Waals surface area (Å²) in [5.41, 5.74) is 2.29. The molecule has 0 saturated heterocycles. The van der Waals surface area contributed by atoms with Crippen LogP contribution in [0, 0.1) is 5.92 Å². The minimum atomic E-state index is -0.205. The van der Waals surface area contributed by atoms with Crippen molar-refractivity contribution in [3.8, 4) is 0 Å². The van der Waals surface area contributed by atoms with Crippen LogP contribution in [0.1, 0.15) is 42.7 Å². The zero-order valence-corrected chi connectivity index (χ0v) is 12.0. The molecule has 3 heteroatoms. The molecule has 0 N–H and O–H groups in total. The second kappa shape index (κ2) is 6.01. The smallest absolute Gasteiger partial charge is 0.229 e. The van der Waals surface area contributed by atoms with Crippen LogP contribution in [0.15, 0.2) is 24.3 Å². The van der Waals surface area contributed by atoms with Crippen molar-refractivity contribution in [2.75, 3.05) is 0 Å². The molecule has 1 aromatic rings. The van der Waals surface area contributed by atoms with Gasteiger partial charge in [0.15, 0.2) is 0 Å². The first-order valence-electron chi connectivity index (χ1n) is 6.06. The van der Waals surface area contributed by atoms with Gasteiger partial charge in [0.2, 0.25) is 5.24 Å². The minimum Gasteiger partial charge on any atom is -0.281 e. The summed E-state index contributed by atoms with van der Waals surface area (Å²) in [5, 5.41) is 0.638. The van der Waals surface area contributed by atoms with Crippen LogP contribution in [0.2, 0.25) is 0 Å². The zero-order chi connectivity index (χ0) is 12.3. The Hall–Kier alpha value is -0.340. The van der Waals surface area contributed by atoms with Crippen molar-refractivity contribution in [1.29, 1.82) is 0 Å². The van der Waals surface area contributed by atoms with E-state index in [0.717, 1.165) is 23.7 Å². The maximum absolute atomic E-state index is 11.6. The molecule has 1 aromatic carbocycles. The molecule has 0 amide bonds. The molecule has 0 aromatic heterocycles. The van der Waals surface area contributed by atoms with Crippen LogP contribution in [-0.4, -0.2) is 5.24 Å². The maximum Gasteiger partial charge on any atom is 0.229 e. The summed E-state index contributed by atoms with van der Waals surface area (Å²) in [6.07, 6.45) is 4.71. The standard InChI is InChI=1S/C14H16BrClO/c15-9-10-5-7-12(8-6-10)13(14(16)17)11-3-1-2-4-11/h5-8,11,13H,1-4,9H2. The third-order valence-electron chi connectivity index (χ3n) is 3.61. The Morgan fingerprint density at radius 3 is 2.35 bits per heavy atom. The van der Waals surface area contributed by atoms with Gasteiger partial charge in [0.1, 0.15) is 0 Å². The predicted molar refractivity (Wildman–Crippen MR) is 74.6 cm³/mol. The maximum atomic E-state index is 11.6. The lowest BCUT2D eigenvalue weighted by Gasteiger charge is -2.20. The summed E-state index contributed by atoms with van der Waals surface area (Å²) in [7, 11) is 0. The molecule has 1 aliphatic carbocycles. The fourth-order valence-corrected chi connectivity index (χ4v) is 3.37. The number of rotatable bonds is 4. The largest absolute Gasteiger partial charge is 0.281 e. The van der Waals surface area contributed by atoms with Gasteiger partial charge in [-0.05, 0) is 41.5 Å². The highest BCUT2D eigenvalue weighted by molar-refractivity contribution is 9.08. The van der Waals surface area contributed by atoms with E-state index in [4.69, 9.17) is 11.6 Å². The van der Waals surface area contributed by atoms with E-state index in [1.165, 1.54) is 18.4 Å². The molecule has 0 radical (unpaired) electrons. The van der Waals surface area contributed by atoms with Crippen molar-refractivity contribution >= 4 is 32.8 Å². The molecule has 0 spiro atoms. The molecule has 1 atom stereocenters. The van der Waals surface area contributed by atoms with Crippen LogP contribution >= 0.6 is 27.5 Å². The molecule has 0 aliphatic heterocycles. The van der Waals surface area contributed by atoms with E-state index in [-0.39, 0.29) is 11.2 Å². The quantitative estimate of drug-likeness (QED) is 0.585.